The number of H-pyrrole nitrogens is 1. The summed E-state index contributed by atoms with van der Waals surface area (Å²) in [5.74, 6) is -1.35. The Hall–Kier alpha value is -2.39. The maximum absolute atomic E-state index is 13.1. The van der Waals surface area contributed by atoms with Gasteiger partial charge in [0.1, 0.15) is 28.5 Å². The van der Waals surface area contributed by atoms with Crippen molar-refractivity contribution in [2.24, 2.45) is 5.92 Å². The van der Waals surface area contributed by atoms with E-state index in [9.17, 15) is 24.3 Å². The summed E-state index contributed by atoms with van der Waals surface area (Å²) in [4.78, 5) is 60.2. The number of nitrogens with zero attached hydrogens (tertiary/aromatic N) is 4. The number of thioether (sulfide) groups is 2. The second-order valence-electron chi connectivity index (χ2n) is 9.30. The third-order valence-electron chi connectivity index (χ3n) is 6.89. The average Bonchev–Trinajstić information content (AvgIpc) is 3.39. The number of carboxylic acid groups (broad SMARTS) is 1. The topological polar surface area (TPSA) is 170 Å². The molecule has 3 aliphatic heterocycles. The summed E-state index contributed by atoms with van der Waals surface area (Å²) in [5, 5.41) is 23.1. The summed E-state index contributed by atoms with van der Waals surface area (Å²) >= 11 is 2.62. The molecule has 5 heterocycles. The Morgan fingerprint density at radius 2 is 2.08 bits per heavy atom. The van der Waals surface area contributed by atoms with Gasteiger partial charge in [-0.1, -0.05) is 11.8 Å². The number of β-lactam (4-membered cyclic amide) rings is 1. The molecule has 4 aliphatic rings. The van der Waals surface area contributed by atoms with Gasteiger partial charge in [-0.15, -0.1) is 11.8 Å². The van der Waals surface area contributed by atoms with Crippen molar-refractivity contribution in [2.75, 3.05) is 18.1 Å². The first kappa shape index (κ1) is 27.2. The van der Waals surface area contributed by atoms with E-state index in [0.29, 0.717) is 58.3 Å². The van der Waals surface area contributed by atoms with Crippen LogP contribution in [0.4, 0.5) is 0 Å². The fourth-order valence-corrected chi connectivity index (χ4v) is 7.07. The predicted molar refractivity (Wildman–Crippen MR) is 141 cm³/mol. The van der Waals surface area contributed by atoms with Gasteiger partial charge in [-0.3, -0.25) is 24.4 Å². The standard InChI is InChI=1S/C23H23N7O5S2.Na.H/c31-15(8-36-20-13-6-27-29-18(13)25-9-26-20)28-16-21(33)30-17(23(34)35)14(7-37-22(16)30)12(5-10-1-2-10)11-3-4-24-19(11)32;;/h6,9-10,16,22H,1-5,7-8H2,(H,24,32)(H,28,31)(H,34,35)(H,25,26,27,29);;/t16-,22-;;/m1../s1. The fraction of sp³-hybridized carbons (Fsp3) is 0.435. The first-order valence-corrected chi connectivity index (χ1v) is 13.9. The number of nitrogens with one attached hydrogen (secondary N) is 3. The van der Waals surface area contributed by atoms with Crippen LogP contribution in [0.25, 0.3) is 11.0 Å². The molecule has 12 nitrogen and oxygen atoms in total. The van der Waals surface area contributed by atoms with E-state index >= 15 is 0 Å². The minimum absolute atomic E-state index is 0. The van der Waals surface area contributed by atoms with Crippen LogP contribution in [0.1, 0.15) is 25.7 Å². The molecule has 3 fully saturated rings. The Morgan fingerprint density at radius 3 is 2.79 bits per heavy atom. The van der Waals surface area contributed by atoms with Gasteiger partial charge in [-0.05, 0) is 42.7 Å². The molecule has 2 atom stereocenters. The number of aromatic nitrogens is 4. The Bertz CT molecular complexity index is 1410. The van der Waals surface area contributed by atoms with E-state index in [4.69, 9.17) is 0 Å². The molecule has 194 valence electrons. The first-order valence-electron chi connectivity index (χ1n) is 11.9. The van der Waals surface area contributed by atoms with Crippen LogP contribution in [0.15, 0.2) is 40.0 Å². The number of rotatable bonds is 8. The number of carbonyl (C=O) groups is 4. The number of carboxylic acids is 1. The van der Waals surface area contributed by atoms with Crippen LogP contribution in [0.3, 0.4) is 0 Å². The number of aliphatic carboxylic acids is 1. The third-order valence-corrected chi connectivity index (χ3v) is 9.18. The summed E-state index contributed by atoms with van der Waals surface area (Å²) in [6.45, 7) is 0.531. The molecule has 0 bridgehead atoms. The van der Waals surface area contributed by atoms with Crippen molar-refractivity contribution in [1.29, 1.82) is 0 Å². The third kappa shape index (κ3) is 4.99. The Labute approximate surface area is 247 Å². The summed E-state index contributed by atoms with van der Waals surface area (Å²) in [6, 6.07) is -0.817. The number of allylic oxidation sites excluding steroid dienone is 1. The molecule has 0 aromatic carbocycles. The summed E-state index contributed by atoms with van der Waals surface area (Å²) in [7, 11) is 0. The van der Waals surface area contributed by atoms with Crippen molar-refractivity contribution in [2.45, 2.75) is 42.1 Å². The van der Waals surface area contributed by atoms with Gasteiger partial charge in [0.25, 0.3) is 5.91 Å². The van der Waals surface area contributed by atoms with Gasteiger partial charge >= 0.3 is 35.5 Å². The molecule has 0 unspecified atom stereocenters. The fourth-order valence-electron chi connectivity index (χ4n) is 4.91. The second-order valence-corrected chi connectivity index (χ2v) is 11.4. The van der Waals surface area contributed by atoms with Gasteiger partial charge in [0.2, 0.25) is 11.8 Å². The number of carbonyl (C=O) groups excluding carboxylic acids is 3. The molecule has 38 heavy (non-hydrogen) atoms. The predicted octanol–water partition coefficient (Wildman–Crippen LogP) is 0.152. The Morgan fingerprint density at radius 1 is 1.26 bits per heavy atom. The van der Waals surface area contributed by atoms with E-state index in [2.05, 4.69) is 30.8 Å². The molecule has 4 N–H and O–H groups in total. The Kier molecular flexibility index (Phi) is 7.87. The zero-order valence-electron chi connectivity index (χ0n) is 19.5. The van der Waals surface area contributed by atoms with Crippen molar-refractivity contribution >= 4 is 87.8 Å². The van der Waals surface area contributed by atoms with Gasteiger partial charge in [-0.25, -0.2) is 14.8 Å². The van der Waals surface area contributed by atoms with Crippen LogP contribution in [-0.4, -0.2) is 113 Å². The van der Waals surface area contributed by atoms with Gasteiger partial charge in [0, 0.05) is 17.9 Å². The second kappa shape index (κ2) is 11.0. The molecule has 2 aromatic rings. The van der Waals surface area contributed by atoms with E-state index in [1.54, 1.807) is 6.20 Å². The molecule has 15 heteroatoms. The zero-order chi connectivity index (χ0) is 25.7. The molecule has 2 saturated heterocycles. The number of fused-ring (bicyclic) bond motifs is 2. The van der Waals surface area contributed by atoms with Gasteiger partial charge < -0.3 is 15.7 Å². The summed E-state index contributed by atoms with van der Waals surface area (Å²) in [6.07, 6.45) is 6.27. The summed E-state index contributed by atoms with van der Waals surface area (Å²) < 4.78 is 0. The van der Waals surface area contributed by atoms with Crippen LogP contribution in [0.5, 0.6) is 0 Å². The van der Waals surface area contributed by atoms with Crippen LogP contribution in [0, 0.1) is 5.92 Å². The monoisotopic (exact) mass is 565 g/mol. The van der Waals surface area contributed by atoms with E-state index in [1.807, 2.05) is 0 Å². The molecular formula is C23H24N7NaO5S2. The quantitative estimate of drug-likeness (QED) is 0.114. The maximum atomic E-state index is 13.1. The zero-order valence-corrected chi connectivity index (χ0v) is 21.2. The molecule has 0 spiro atoms. The van der Waals surface area contributed by atoms with Crippen molar-refractivity contribution in [3.8, 4) is 0 Å². The van der Waals surface area contributed by atoms with Crippen molar-refractivity contribution in [3.05, 3.63) is 34.9 Å². The van der Waals surface area contributed by atoms with Crippen LogP contribution in [0.2, 0.25) is 0 Å². The first-order chi connectivity index (χ1) is 17.9. The van der Waals surface area contributed by atoms with Gasteiger partial charge in [0.05, 0.1) is 17.3 Å². The van der Waals surface area contributed by atoms with E-state index in [-0.39, 0.29) is 52.8 Å². The molecule has 1 aliphatic carbocycles. The number of aromatic amines is 1. The number of hydrogen-bond acceptors (Lipinski definition) is 9. The Balaban J connectivity index is 0.00000294. The van der Waals surface area contributed by atoms with Gasteiger partial charge in [-0.2, -0.15) is 5.10 Å². The van der Waals surface area contributed by atoms with E-state index < -0.39 is 23.3 Å². The normalized spacial score (nSPS) is 23.9. The van der Waals surface area contributed by atoms with Crippen LogP contribution < -0.4 is 10.6 Å². The molecular weight excluding hydrogens is 541 g/mol. The summed E-state index contributed by atoms with van der Waals surface area (Å²) in [5.41, 5.74) is 2.45. The molecule has 2 aromatic heterocycles. The average molecular weight is 566 g/mol. The molecule has 0 radical (unpaired) electrons. The minimum atomic E-state index is -1.20. The van der Waals surface area contributed by atoms with Crippen molar-refractivity contribution < 1.29 is 24.3 Å². The van der Waals surface area contributed by atoms with E-state index in [0.717, 1.165) is 18.4 Å². The molecule has 1 saturated carbocycles. The van der Waals surface area contributed by atoms with Crippen LogP contribution in [-0.2, 0) is 19.2 Å². The number of amides is 3. The van der Waals surface area contributed by atoms with Gasteiger partial charge in [0.15, 0.2) is 5.65 Å². The van der Waals surface area contributed by atoms with E-state index in [1.165, 1.54) is 34.8 Å². The molecule has 6 rings (SSSR count). The van der Waals surface area contributed by atoms with Crippen molar-refractivity contribution in [1.82, 2.24) is 35.7 Å². The number of hydrogen-bond donors (Lipinski definition) is 4. The van der Waals surface area contributed by atoms with Crippen molar-refractivity contribution in [3.63, 3.8) is 0 Å². The SMILES string of the molecule is O=C(CSc1ncnc2[nH]ncc12)N[C@@H]1C(=O)N2C(C(=O)O)=C(C(CC3CC3)=C3CCNC3=O)CS[C@H]12.[NaH]. The van der Waals surface area contributed by atoms with Crippen LogP contribution >= 0.6 is 23.5 Å². The molecule has 3 amide bonds.